The predicted molar refractivity (Wildman–Crippen MR) is 91.6 cm³/mol. The monoisotopic (exact) mass is 343 g/mol. The lowest BCUT2D eigenvalue weighted by Crippen LogP contribution is -1.97. The first-order valence-corrected chi connectivity index (χ1v) is 8.22. The molecule has 0 atom stereocenters. The molecule has 4 rings (SSSR count). The molecule has 122 valence electrons. The molecule has 0 aliphatic carbocycles. The number of fused-ring (bicyclic) bond motifs is 2. The lowest BCUT2D eigenvalue weighted by Gasteiger charge is -2.09. The van der Waals surface area contributed by atoms with Crippen LogP contribution in [-0.2, 0) is 0 Å². The van der Waals surface area contributed by atoms with Crippen molar-refractivity contribution >= 4 is 38.1 Å². The summed E-state index contributed by atoms with van der Waals surface area (Å²) in [6.07, 6.45) is 0.855. The van der Waals surface area contributed by atoms with E-state index < -0.39 is 4.92 Å². The van der Waals surface area contributed by atoms with Gasteiger partial charge in [-0.15, -0.1) is 0 Å². The molecule has 0 fully saturated rings. The Kier molecular flexibility index (Phi) is 3.66. The van der Waals surface area contributed by atoms with Crippen LogP contribution in [0.5, 0.6) is 11.5 Å². The molecule has 0 amide bonds. The van der Waals surface area contributed by atoms with Crippen LogP contribution in [0.4, 0.5) is 16.5 Å². The van der Waals surface area contributed by atoms with E-state index in [1.165, 1.54) is 23.5 Å². The molecule has 1 aromatic heterocycles. The molecule has 0 bridgehead atoms. The molecule has 0 spiro atoms. The molecule has 1 N–H and O–H groups in total. The number of non-ortho nitro benzene ring substituents is 1. The minimum atomic E-state index is -0.407. The fourth-order valence-corrected chi connectivity index (χ4v) is 3.36. The van der Waals surface area contributed by atoms with Crippen molar-refractivity contribution in [1.82, 2.24) is 4.98 Å². The Morgan fingerprint density at radius 3 is 2.79 bits per heavy atom. The van der Waals surface area contributed by atoms with E-state index in [2.05, 4.69) is 10.3 Å². The Morgan fingerprint density at radius 1 is 1.12 bits per heavy atom. The van der Waals surface area contributed by atoms with Crippen LogP contribution in [0.1, 0.15) is 6.42 Å². The van der Waals surface area contributed by atoms with Gasteiger partial charge in [-0.1, -0.05) is 11.3 Å². The lowest BCUT2D eigenvalue weighted by molar-refractivity contribution is -0.384. The van der Waals surface area contributed by atoms with E-state index in [0.717, 1.165) is 28.1 Å². The van der Waals surface area contributed by atoms with Crippen molar-refractivity contribution in [2.24, 2.45) is 0 Å². The van der Waals surface area contributed by atoms with Gasteiger partial charge in [-0.3, -0.25) is 10.1 Å². The highest BCUT2D eigenvalue weighted by atomic mass is 32.1. The normalized spacial score (nSPS) is 13.5. The number of thiazole rings is 1. The summed E-state index contributed by atoms with van der Waals surface area (Å²) in [5.74, 6) is 1.44. The van der Waals surface area contributed by atoms with Gasteiger partial charge in [-0.05, 0) is 18.2 Å². The summed E-state index contributed by atoms with van der Waals surface area (Å²) in [6, 6.07) is 10.3. The number of nitrogens with zero attached hydrogens (tertiary/aromatic N) is 2. The van der Waals surface area contributed by atoms with E-state index in [1.807, 2.05) is 18.2 Å². The third-order valence-corrected chi connectivity index (χ3v) is 4.52. The van der Waals surface area contributed by atoms with Crippen LogP contribution in [0.25, 0.3) is 10.2 Å². The van der Waals surface area contributed by atoms with Crippen molar-refractivity contribution in [3.05, 3.63) is 46.5 Å². The number of nitrogens with one attached hydrogen (secondary N) is 1. The second kappa shape index (κ2) is 5.97. The minimum absolute atomic E-state index is 0.0632. The number of hydrogen-bond acceptors (Lipinski definition) is 7. The second-order valence-electron chi connectivity index (χ2n) is 5.27. The quantitative estimate of drug-likeness (QED) is 0.569. The van der Waals surface area contributed by atoms with Gasteiger partial charge in [0.25, 0.3) is 5.69 Å². The molecule has 8 heteroatoms. The summed E-state index contributed by atoms with van der Waals surface area (Å²) in [6.45, 7) is 1.28. The Bertz CT molecular complexity index is 925. The maximum Gasteiger partial charge on any atom is 0.270 e. The van der Waals surface area contributed by atoms with Gasteiger partial charge in [-0.2, -0.15) is 0 Å². The van der Waals surface area contributed by atoms with Gasteiger partial charge in [0.1, 0.15) is 0 Å². The summed E-state index contributed by atoms with van der Waals surface area (Å²) in [7, 11) is 0. The number of hydrogen-bond donors (Lipinski definition) is 1. The van der Waals surface area contributed by atoms with E-state index in [0.29, 0.717) is 24.1 Å². The van der Waals surface area contributed by atoms with Gasteiger partial charge >= 0.3 is 0 Å². The fraction of sp³-hybridized carbons (Fsp3) is 0.188. The first kappa shape index (κ1) is 14.7. The van der Waals surface area contributed by atoms with Crippen LogP contribution in [0.3, 0.4) is 0 Å². The average molecular weight is 343 g/mol. The highest BCUT2D eigenvalue weighted by molar-refractivity contribution is 7.22. The van der Waals surface area contributed by atoms with E-state index in [9.17, 15) is 10.1 Å². The Morgan fingerprint density at radius 2 is 1.96 bits per heavy atom. The van der Waals surface area contributed by atoms with Gasteiger partial charge in [0.15, 0.2) is 16.6 Å². The Balaban J connectivity index is 1.62. The summed E-state index contributed by atoms with van der Waals surface area (Å²) >= 11 is 1.37. The molecule has 1 aliphatic rings. The number of rotatable bonds is 3. The van der Waals surface area contributed by atoms with Crippen LogP contribution in [0.15, 0.2) is 36.4 Å². The highest BCUT2D eigenvalue weighted by Crippen LogP contribution is 2.35. The minimum Gasteiger partial charge on any atom is -0.490 e. The van der Waals surface area contributed by atoms with E-state index >= 15 is 0 Å². The molecule has 0 saturated heterocycles. The smallest absolute Gasteiger partial charge is 0.270 e. The molecule has 2 aromatic carbocycles. The number of anilines is 2. The Hall–Kier alpha value is -2.87. The molecule has 24 heavy (non-hydrogen) atoms. The topological polar surface area (TPSA) is 86.5 Å². The number of nitro groups is 1. The average Bonchev–Trinajstić information content (AvgIpc) is 2.81. The van der Waals surface area contributed by atoms with E-state index in [1.54, 1.807) is 6.07 Å². The zero-order valence-corrected chi connectivity index (χ0v) is 13.3. The molecule has 7 nitrogen and oxygen atoms in total. The third-order valence-electron chi connectivity index (χ3n) is 3.58. The maximum atomic E-state index is 10.9. The molecule has 2 heterocycles. The van der Waals surface area contributed by atoms with Crippen molar-refractivity contribution in [3.63, 3.8) is 0 Å². The number of aromatic nitrogens is 1. The Labute approximate surface area is 141 Å². The van der Waals surface area contributed by atoms with Crippen molar-refractivity contribution in [2.45, 2.75) is 6.42 Å². The van der Waals surface area contributed by atoms with Gasteiger partial charge in [0.05, 0.1) is 28.4 Å². The summed E-state index contributed by atoms with van der Waals surface area (Å²) in [5.41, 5.74) is 1.61. The molecule has 1 aliphatic heterocycles. The van der Waals surface area contributed by atoms with Crippen molar-refractivity contribution in [2.75, 3.05) is 18.5 Å². The maximum absolute atomic E-state index is 10.9. The van der Waals surface area contributed by atoms with Crippen LogP contribution in [-0.4, -0.2) is 23.1 Å². The molecule has 0 radical (unpaired) electrons. The summed E-state index contributed by atoms with van der Waals surface area (Å²) < 4.78 is 12.0. The van der Waals surface area contributed by atoms with E-state index in [-0.39, 0.29) is 5.69 Å². The number of benzene rings is 2. The number of nitro benzene ring substituents is 1. The standard InChI is InChI=1S/C16H13N3O4S/c20-19(21)11-3-4-12-15(9-11)24-16(18-12)17-10-2-5-13-14(8-10)23-7-1-6-22-13/h2-5,8-9H,1,6-7H2,(H,17,18). The molecule has 0 saturated carbocycles. The lowest BCUT2D eigenvalue weighted by atomic mass is 10.3. The van der Waals surface area contributed by atoms with Crippen LogP contribution >= 0.6 is 11.3 Å². The molecular formula is C16H13N3O4S. The largest absolute Gasteiger partial charge is 0.490 e. The van der Waals surface area contributed by atoms with Crippen LogP contribution < -0.4 is 14.8 Å². The third kappa shape index (κ3) is 2.83. The first-order valence-electron chi connectivity index (χ1n) is 7.41. The van der Waals surface area contributed by atoms with Crippen molar-refractivity contribution < 1.29 is 14.4 Å². The van der Waals surface area contributed by atoms with Gasteiger partial charge in [-0.25, -0.2) is 4.98 Å². The second-order valence-corrected chi connectivity index (χ2v) is 6.30. The molecule has 0 unspecified atom stereocenters. The van der Waals surface area contributed by atoms with Crippen LogP contribution in [0.2, 0.25) is 0 Å². The first-order chi connectivity index (χ1) is 11.7. The number of ether oxygens (including phenoxy) is 2. The zero-order valence-electron chi connectivity index (χ0n) is 12.5. The highest BCUT2D eigenvalue weighted by Gasteiger charge is 2.13. The predicted octanol–water partition coefficient (Wildman–Crippen LogP) is 4.11. The van der Waals surface area contributed by atoms with Crippen molar-refractivity contribution in [3.8, 4) is 11.5 Å². The summed E-state index contributed by atoms with van der Waals surface area (Å²) in [4.78, 5) is 14.9. The molecule has 3 aromatic rings. The SMILES string of the molecule is O=[N+]([O-])c1ccc2nc(Nc3ccc4c(c3)OCCCO4)sc2c1. The van der Waals surface area contributed by atoms with Gasteiger partial charge < -0.3 is 14.8 Å². The van der Waals surface area contributed by atoms with Crippen LogP contribution in [0, 0.1) is 10.1 Å². The zero-order chi connectivity index (χ0) is 16.5. The summed E-state index contributed by atoms with van der Waals surface area (Å²) in [5, 5.41) is 14.7. The van der Waals surface area contributed by atoms with Gasteiger partial charge in [0.2, 0.25) is 0 Å². The van der Waals surface area contributed by atoms with Gasteiger partial charge in [0, 0.05) is 30.3 Å². The van der Waals surface area contributed by atoms with Crippen molar-refractivity contribution in [1.29, 1.82) is 0 Å². The fourth-order valence-electron chi connectivity index (χ4n) is 2.44. The van der Waals surface area contributed by atoms with E-state index in [4.69, 9.17) is 9.47 Å². The molecular weight excluding hydrogens is 330 g/mol.